The smallest absolute Gasteiger partial charge is 0.273 e. The van der Waals surface area contributed by atoms with Gasteiger partial charge in [-0.1, -0.05) is 6.07 Å². The Balaban J connectivity index is 1.12. The Hall–Kier alpha value is -4.00. The van der Waals surface area contributed by atoms with Gasteiger partial charge in [0.1, 0.15) is 25.3 Å². The van der Waals surface area contributed by atoms with Gasteiger partial charge in [-0.3, -0.25) is 9.78 Å². The highest BCUT2D eigenvalue weighted by Gasteiger charge is 2.18. The molecule has 12 heteroatoms. The van der Waals surface area contributed by atoms with Gasteiger partial charge in [-0.15, -0.1) is 0 Å². The minimum atomic E-state index is -0.291. The molecule has 218 valence electrons. The second kappa shape index (κ2) is 14.1. The second-order valence-electron chi connectivity index (χ2n) is 9.60. The fourth-order valence-electron chi connectivity index (χ4n) is 4.56. The van der Waals surface area contributed by atoms with E-state index in [9.17, 15) is 4.79 Å². The number of benzene rings is 1. The van der Waals surface area contributed by atoms with Crippen LogP contribution < -0.4 is 20.1 Å². The first-order valence-electron chi connectivity index (χ1n) is 13.8. The molecule has 0 bridgehead atoms. The number of amides is 1. The highest BCUT2D eigenvalue weighted by molar-refractivity contribution is 5.91. The van der Waals surface area contributed by atoms with Gasteiger partial charge >= 0.3 is 0 Å². The number of rotatable bonds is 15. The molecule has 0 unspecified atom stereocenters. The number of nitrogens with zero attached hydrogens (tertiary/aromatic N) is 4. The average Bonchev–Trinajstić information content (AvgIpc) is 3.59. The molecular weight excluding hydrogens is 528 g/mol. The summed E-state index contributed by atoms with van der Waals surface area (Å²) in [4.78, 5) is 26.0. The SMILES string of the molecule is COCCOCCn1c(CCNCCc2nc(C(=O)NCc3ncccc3C)co2)nc2cc3c(cc21)OCCO3. The molecule has 2 N–H and O–H groups in total. The van der Waals surface area contributed by atoms with Crippen LogP contribution in [0.25, 0.3) is 11.0 Å². The van der Waals surface area contributed by atoms with Crippen molar-refractivity contribution >= 4 is 16.9 Å². The summed E-state index contributed by atoms with van der Waals surface area (Å²) >= 11 is 0. The summed E-state index contributed by atoms with van der Waals surface area (Å²) in [5.74, 6) is 2.62. The highest BCUT2D eigenvalue weighted by Crippen LogP contribution is 2.34. The van der Waals surface area contributed by atoms with Gasteiger partial charge in [0.15, 0.2) is 23.1 Å². The summed E-state index contributed by atoms with van der Waals surface area (Å²) in [7, 11) is 1.66. The molecule has 1 aliphatic rings. The van der Waals surface area contributed by atoms with E-state index in [2.05, 4.69) is 25.2 Å². The molecule has 1 aliphatic heterocycles. The van der Waals surface area contributed by atoms with Crippen molar-refractivity contribution in [2.45, 2.75) is 32.9 Å². The number of methoxy groups -OCH3 is 1. The first-order chi connectivity index (χ1) is 20.1. The molecule has 0 aliphatic carbocycles. The Morgan fingerprint density at radius 1 is 1.07 bits per heavy atom. The minimum absolute atomic E-state index is 0.255. The van der Waals surface area contributed by atoms with Gasteiger partial charge < -0.3 is 38.6 Å². The molecule has 0 atom stereocenters. The number of hydrogen-bond acceptors (Lipinski definition) is 10. The quantitative estimate of drug-likeness (QED) is 0.207. The maximum absolute atomic E-state index is 12.5. The third-order valence-corrected chi connectivity index (χ3v) is 6.74. The second-order valence-corrected chi connectivity index (χ2v) is 9.60. The van der Waals surface area contributed by atoms with E-state index in [1.807, 2.05) is 31.2 Å². The van der Waals surface area contributed by atoms with E-state index in [0.29, 0.717) is 77.9 Å². The lowest BCUT2D eigenvalue weighted by molar-refractivity contribution is 0.0667. The predicted octanol–water partition coefficient (Wildman–Crippen LogP) is 2.47. The summed E-state index contributed by atoms with van der Waals surface area (Å²) in [6.07, 6.45) is 4.37. The Labute approximate surface area is 238 Å². The molecule has 3 aromatic heterocycles. The fourth-order valence-corrected chi connectivity index (χ4v) is 4.56. The van der Waals surface area contributed by atoms with Crippen molar-refractivity contribution in [3.05, 3.63) is 65.4 Å². The lowest BCUT2D eigenvalue weighted by atomic mass is 10.2. The number of aromatic nitrogens is 4. The third-order valence-electron chi connectivity index (χ3n) is 6.74. The predicted molar refractivity (Wildman–Crippen MR) is 150 cm³/mol. The average molecular weight is 565 g/mol. The summed E-state index contributed by atoms with van der Waals surface area (Å²) in [6, 6.07) is 7.76. The van der Waals surface area contributed by atoms with Crippen molar-refractivity contribution in [1.29, 1.82) is 0 Å². The molecule has 0 radical (unpaired) electrons. The molecule has 1 aromatic carbocycles. The van der Waals surface area contributed by atoms with Crippen molar-refractivity contribution < 1.29 is 28.2 Å². The zero-order valence-corrected chi connectivity index (χ0v) is 23.5. The number of ether oxygens (including phenoxy) is 4. The monoisotopic (exact) mass is 564 g/mol. The number of hydrogen-bond donors (Lipinski definition) is 2. The summed E-state index contributed by atoms with van der Waals surface area (Å²) in [5.41, 5.74) is 3.95. The number of carbonyl (C=O) groups is 1. The highest BCUT2D eigenvalue weighted by atomic mass is 16.6. The number of aryl methyl sites for hydroxylation is 1. The lowest BCUT2D eigenvalue weighted by Gasteiger charge is -2.18. The van der Waals surface area contributed by atoms with Gasteiger partial charge in [0, 0.05) is 57.9 Å². The molecule has 5 rings (SSSR count). The molecule has 0 saturated carbocycles. The summed E-state index contributed by atoms with van der Waals surface area (Å²) in [6.45, 7) is 7.02. The molecule has 0 spiro atoms. The van der Waals surface area contributed by atoms with Crippen LogP contribution in [0.15, 0.2) is 41.1 Å². The number of fused-ring (bicyclic) bond motifs is 2. The van der Waals surface area contributed by atoms with Crippen LogP contribution in [0.4, 0.5) is 0 Å². The third kappa shape index (κ3) is 7.40. The molecule has 1 amide bonds. The van der Waals surface area contributed by atoms with Crippen molar-refractivity contribution in [2.24, 2.45) is 0 Å². The van der Waals surface area contributed by atoms with Crippen LogP contribution in [0.5, 0.6) is 11.5 Å². The van der Waals surface area contributed by atoms with Crippen LogP contribution >= 0.6 is 0 Å². The van der Waals surface area contributed by atoms with Crippen LogP contribution in [0.1, 0.15) is 33.5 Å². The Morgan fingerprint density at radius 2 is 1.90 bits per heavy atom. The maximum Gasteiger partial charge on any atom is 0.273 e. The van der Waals surface area contributed by atoms with Gasteiger partial charge in [-0.05, 0) is 18.6 Å². The number of nitrogens with one attached hydrogen (secondary N) is 2. The van der Waals surface area contributed by atoms with Gasteiger partial charge in [0.05, 0.1) is 43.1 Å². The molecule has 0 fully saturated rings. The van der Waals surface area contributed by atoms with E-state index in [1.165, 1.54) is 6.26 Å². The van der Waals surface area contributed by atoms with Crippen molar-refractivity contribution in [3.8, 4) is 11.5 Å². The Morgan fingerprint density at radius 3 is 2.73 bits per heavy atom. The van der Waals surface area contributed by atoms with Crippen LogP contribution in [0.3, 0.4) is 0 Å². The molecule has 41 heavy (non-hydrogen) atoms. The Bertz CT molecular complexity index is 1450. The number of carbonyl (C=O) groups excluding carboxylic acids is 1. The van der Waals surface area contributed by atoms with Crippen molar-refractivity contribution in [1.82, 2.24) is 30.2 Å². The van der Waals surface area contributed by atoms with E-state index < -0.39 is 0 Å². The van der Waals surface area contributed by atoms with Gasteiger partial charge in [-0.25, -0.2) is 9.97 Å². The first-order valence-corrected chi connectivity index (χ1v) is 13.8. The number of imidazole rings is 1. The molecule has 4 aromatic rings. The van der Waals surface area contributed by atoms with E-state index >= 15 is 0 Å². The normalized spacial score (nSPS) is 12.6. The van der Waals surface area contributed by atoms with Crippen LogP contribution in [-0.2, 0) is 35.4 Å². The van der Waals surface area contributed by atoms with E-state index in [1.54, 1.807) is 13.3 Å². The zero-order valence-electron chi connectivity index (χ0n) is 23.5. The van der Waals surface area contributed by atoms with Crippen molar-refractivity contribution in [2.75, 3.05) is 53.2 Å². The number of oxazole rings is 1. The van der Waals surface area contributed by atoms with E-state index in [0.717, 1.165) is 39.6 Å². The molecule has 4 heterocycles. The lowest BCUT2D eigenvalue weighted by Crippen LogP contribution is -2.24. The fraction of sp³-hybridized carbons (Fsp3) is 0.448. The van der Waals surface area contributed by atoms with E-state index in [4.69, 9.17) is 28.3 Å². The summed E-state index contributed by atoms with van der Waals surface area (Å²) < 4.78 is 30.0. The topological polar surface area (TPSA) is 135 Å². The minimum Gasteiger partial charge on any atom is -0.486 e. The largest absolute Gasteiger partial charge is 0.486 e. The molecule has 0 saturated heterocycles. The maximum atomic E-state index is 12.5. The van der Waals surface area contributed by atoms with Crippen molar-refractivity contribution in [3.63, 3.8) is 0 Å². The zero-order chi connectivity index (χ0) is 28.4. The Kier molecular flexibility index (Phi) is 9.78. The van der Waals surface area contributed by atoms with Gasteiger partial charge in [-0.2, -0.15) is 0 Å². The standard InChI is InChI=1S/C29H36N6O6/c1-20-4-3-7-31-22(20)18-32-29(36)23-19-41-28(34-23)6-9-30-8-5-27-33-21-16-25-26(40-15-14-39-25)17-24(21)35(27)10-11-38-13-12-37-2/h3-4,7,16-17,19,30H,5-6,8-15,18H2,1-2H3,(H,32,36). The van der Waals surface area contributed by atoms with Gasteiger partial charge in [0.2, 0.25) is 0 Å². The van der Waals surface area contributed by atoms with Crippen LogP contribution in [0, 0.1) is 6.92 Å². The van der Waals surface area contributed by atoms with Gasteiger partial charge in [0.25, 0.3) is 5.91 Å². The molecular formula is C29H36N6O6. The van der Waals surface area contributed by atoms with Crippen LogP contribution in [0.2, 0.25) is 0 Å². The van der Waals surface area contributed by atoms with Crippen LogP contribution in [-0.4, -0.2) is 78.7 Å². The first kappa shape index (κ1) is 28.5. The van der Waals surface area contributed by atoms with E-state index in [-0.39, 0.29) is 11.6 Å². The summed E-state index contributed by atoms with van der Waals surface area (Å²) in [5, 5.41) is 6.27. The molecule has 12 nitrogen and oxygen atoms in total. The number of pyridine rings is 1.